The second kappa shape index (κ2) is 4.89. The molecule has 17 heavy (non-hydrogen) atoms. The van der Waals surface area contributed by atoms with E-state index < -0.39 is 0 Å². The van der Waals surface area contributed by atoms with Gasteiger partial charge in [-0.05, 0) is 50.4 Å². The molecule has 0 aromatic heterocycles. The molecule has 0 aromatic rings. The minimum atomic E-state index is 0.249. The standard InChI is InChI=1S/C15H27NO/c16-14(12-5-1-2-6-12)13-7-10-17-15(11-13)8-3-4-9-15/h12-14H,1-11,16H2. The van der Waals surface area contributed by atoms with E-state index in [0.717, 1.165) is 18.4 Å². The first-order valence-corrected chi connectivity index (χ1v) is 7.69. The highest BCUT2D eigenvalue weighted by atomic mass is 16.5. The van der Waals surface area contributed by atoms with Gasteiger partial charge in [-0.25, -0.2) is 0 Å². The summed E-state index contributed by atoms with van der Waals surface area (Å²) < 4.78 is 6.11. The first-order chi connectivity index (χ1) is 8.29. The van der Waals surface area contributed by atoms with Gasteiger partial charge in [-0.3, -0.25) is 0 Å². The maximum absolute atomic E-state index is 6.55. The Balaban J connectivity index is 1.62. The van der Waals surface area contributed by atoms with Crippen molar-refractivity contribution in [2.45, 2.75) is 75.9 Å². The first-order valence-electron chi connectivity index (χ1n) is 7.69. The van der Waals surface area contributed by atoms with Gasteiger partial charge < -0.3 is 10.5 Å². The van der Waals surface area contributed by atoms with Crippen LogP contribution < -0.4 is 5.73 Å². The van der Waals surface area contributed by atoms with Crippen molar-refractivity contribution in [3.05, 3.63) is 0 Å². The predicted octanol–water partition coefficient (Wildman–Crippen LogP) is 3.24. The number of hydrogen-bond donors (Lipinski definition) is 1. The lowest BCUT2D eigenvalue weighted by atomic mass is 9.76. The molecule has 2 aliphatic carbocycles. The molecule has 1 aliphatic heterocycles. The van der Waals surface area contributed by atoms with E-state index >= 15 is 0 Å². The van der Waals surface area contributed by atoms with Crippen LogP contribution in [0.25, 0.3) is 0 Å². The highest BCUT2D eigenvalue weighted by molar-refractivity contribution is 4.95. The van der Waals surface area contributed by atoms with Crippen LogP contribution in [0.2, 0.25) is 0 Å². The van der Waals surface area contributed by atoms with Crippen LogP contribution in [-0.2, 0) is 4.74 Å². The second-order valence-corrected chi connectivity index (χ2v) is 6.61. The molecule has 0 amide bonds. The molecule has 2 unspecified atom stereocenters. The monoisotopic (exact) mass is 237 g/mol. The average molecular weight is 237 g/mol. The molecule has 3 fully saturated rings. The van der Waals surface area contributed by atoms with E-state index in [9.17, 15) is 0 Å². The van der Waals surface area contributed by atoms with Crippen LogP contribution in [0.4, 0.5) is 0 Å². The Morgan fingerprint density at radius 3 is 2.35 bits per heavy atom. The highest BCUT2D eigenvalue weighted by Crippen LogP contribution is 2.44. The molecule has 2 nitrogen and oxygen atoms in total. The number of hydrogen-bond acceptors (Lipinski definition) is 2. The van der Waals surface area contributed by atoms with Gasteiger partial charge in [-0.1, -0.05) is 25.7 Å². The third kappa shape index (κ3) is 2.39. The summed E-state index contributed by atoms with van der Waals surface area (Å²) in [7, 11) is 0. The summed E-state index contributed by atoms with van der Waals surface area (Å²) in [5.41, 5.74) is 6.80. The lowest BCUT2D eigenvalue weighted by Crippen LogP contribution is -2.46. The molecule has 2 heteroatoms. The number of ether oxygens (including phenoxy) is 1. The largest absolute Gasteiger partial charge is 0.375 e. The molecule has 0 aromatic carbocycles. The lowest BCUT2D eigenvalue weighted by molar-refractivity contribution is -0.0985. The van der Waals surface area contributed by atoms with E-state index in [0.29, 0.717) is 6.04 Å². The van der Waals surface area contributed by atoms with E-state index in [1.807, 2.05) is 0 Å². The van der Waals surface area contributed by atoms with Gasteiger partial charge in [-0.2, -0.15) is 0 Å². The van der Waals surface area contributed by atoms with Crippen LogP contribution in [0.15, 0.2) is 0 Å². The molecule has 0 radical (unpaired) electrons. The molecular weight excluding hydrogens is 210 g/mol. The molecule has 1 heterocycles. The molecule has 2 atom stereocenters. The number of nitrogens with two attached hydrogens (primary N) is 1. The molecule has 98 valence electrons. The summed E-state index contributed by atoms with van der Waals surface area (Å²) in [5.74, 6) is 1.56. The Hall–Kier alpha value is -0.0800. The van der Waals surface area contributed by atoms with E-state index in [-0.39, 0.29) is 5.60 Å². The fraction of sp³-hybridized carbons (Fsp3) is 1.00. The maximum Gasteiger partial charge on any atom is 0.0685 e. The lowest BCUT2D eigenvalue weighted by Gasteiger charge is -2.41. The highest BCUT2D eigenvalue weighted by Gasteiger charge is 2.42. The van der Waals surface area contributed by atoms with E-state index in [2.05, 4.69) is 0 Å². The Labute approximate surface area is 105 Å². The van der Waals surface area contributed by atoms with Gasteiger partial charge in [0, 0.05) is 12.6 Å². The topological polar surface area (TPSA) is 35.2 Å². The van der Waals surface area contributed by atoms with Crippen LogP contribution >= 0.6 is 0 Å². The summed E-state index contributed by atoms with van der Waals surface area (Å²) in [5, 5.41) is 0. The minimum Gasteiger partial charge on any atom is -0.375 e. The summed E-state index contributed by atoms with van der Waals surface area (Å²) in [6.45, 7) is 0.963. The molecule has 3 aliphatic rings. The summed E-state index contributed by atoms with van der Waals surface area (Å²) in [4.78, 5) is 0. The average Bonchev–Trinajstić information content (AvgIpc) is 3.00. The van der Waals surface area contributed by atoms with Crippen molar-refractivity contribution in [2.24, 2.45) is 17.6 Å². The molecule has 2 N–H and O–H groups in total. The minimum absolute atomic E-state index is 0.249. The van der Waals surface area contributed by atoms with E-state index in [1.54, 1.807) is 0 Å². The van der Waals surface area contributed by atoms with Crippen molar-refractivity contribution in [3.63, 3.8) is 0 Å². The van der Waals surface area contributed by atoms with Gasteiger partial charge in [-0.15, -0.1) is 0 Å². The van der Waals surface area contributed by atoms with Crippen LogP contribution in [0, 0.1) is 11.8 Å². The molecule has 1 saturated heterocycles. The first kappa shape index (κ1) is 12.0. The van der Waals surface area contributed by atoms with Crippen molar-refractivity contribution in [3.8, 4) is 0 Å². The molecule has 3 rings (SSSR count). The van der Waals surface area contributed by atoms with E-state index in [1.165, 1.54) is 64.2 Å². The summed E-state index contributed by atoms with van der Waals surface area (Å²) in [6.07, 6.45) is 13.4. The fourth-order valence-corrected chi connectivity index (χ4v) is 4.49. The zero-order valence-electron chi connectivity index (χ0n) is 11.0. The molecule has 1 spiro atoms. The van der Waals surface area contributed by atoms with Gasteiger partial charge >= 0.3 is 0 Å². The fourth-order valence-electron chi connectivity index (χ4n) is 4.49. The number of rotatable bonds is 2. The van der Waals surface area contributed by atoms with E-state index in [4.69, 9.17) is 10.5 Å². The van der Waals surface area contributed by atoms with Crippen LogP contribution in [0.5, 0.6) is 0 Å². The smallest absolute Gasteiger partial charge is 0.0685 e. The third-order valence-corrected chi connectivity index (χ3v) is 5.53. The Morgan fingerprint density at radius 2 is 1.65 bits per heavy atom. The predicted molar refractivity (Wildman–Crippen MR) is 69.8 cm³/mol. The zero-order valence-corrected chi connectivity index (χ0v) is 11.0. The summed E-state index contributed by atoms with van der Waals surface area (Å²) >= 11 is 0. The zero-order chi connectivity index (χ0) is 11.7. The SMILES string of the molecule is NC(C1CCCC1)C1CCOC2(CCCC2)C1. The normalized spacial score (nSPS) is 35.5. The molecule has 0 bridgehead atoms. The van der Waals surface area contributed by atoms with Gasteiger partial charge in [0.2, 0.25) is 0 Å². The Bertz CT molecular complexity index is 254. The van der Waals surface area contributed by atoms with Gasteiger partial charge in [0.15, 0.2) is 0 Å². The quantitative estimate of drug-likeness (QED) is 0.800. The van der Waals surface area contributed by atoms with Crippen molar-refractivity contribution in [2.75, 3.05) is 6.61 Å². The van der Waals surface area contributed by atoms with Crippen molar-refractivity contribution < 1.29 is 4.74 Å². The van der Waals surface area contributed by atoms with Crippen molar-refractivity contribution in [1.82, 2.24) is 0 Å². The molecule has 2 saturated carbocycles. The van der Waals surface area contributed by atoms with Crippen LogP contribution in [-0.4, -0.2) is 18.2 Å². The van der Waals surface area contributed by atoms with Gasteiger partial charge in [0.1, 0.15) is 0 Å². The van der Waals surface area contributed by atoms with Crippen molar-refractivity contribution in [1.29, 1.82) is 0 Å². The van der Waals surface area contributed by atoms with Crippen LogP contribution in [0.3, 0.4) is 0 Å². The van der Waals surface area contributed by atoms with Crippen LogP contribution in [0.1, 0.15) is 64.2 Å². The van der Waals surface area contributed by atoms with Crippen molar-refractivity contribution >= 4 is 0 Å². The van der Waals surface area contributed by atoms with Gasteiger partial charge in [0.25, 0.3) is 0 Å². The third-order valence-electron chi connectivity index (χ3n) is 5.53. The Morgan fingerprint density at radius 1 is 0.941 bits per heavy atom. The maximum atomic E-state index is 6.55. The second-order valence-electron chi connectivity index (χ2n) is 6.61. The summed E-state index contributed by atoms with van der Waals surface area (Å²) in [6, 6.07) is 0.457. The molecular formula is C15H27NO. The van der Waals surface area contributed by atoms with Gasteiger partial charge in [0.05, 0.1) is 5.60 Å². The Kier molecular flexibility index (Phi) is 3.45.